The van der Waals surface area contributed by atoms with Crippen molar-refractivity contribution in [2.75, 3.05) is 39.5 Å². The molecule has 1 unspecified atom stereocenters. The fourth-order valence-electron chi connectivity index (χ4n) is 4.24. The minimum absolute atomic E-state index is 0.150. The van der Waals surface area contributed by atoms with Crippen molar-refractivity contribution >= 4 is 0 Å². The van der Waals surface area contributed by atoms with Crippen molar-refractivity contribution in [1.29, 1.82) is 0 Å². The Morgan fingerprint density at radius 3 is 2.34 bits per heavy atom. The molecule has 0 radical (unpaired) electrons. The van der Waals surface area contributed by atoms with E-state index in [0.717, 1.165) is 55.7 Å². The number of hydrogen-bond donors (Lipinski definition) is 2. The van der Waals surface area contributed by atoms with Crippen LogP contribution >= 0.6 is 0 Å². The monoisotopic (exact) mass is 518 g/mol. The van der Waals surface area contributed by atoms with Gasteiger partial charge in [0.15, 0.2) is 5.75 Å². The predicted molar refractivity (Wildman–Crippen MR) is 146 cm³/mol. The number of hydrogen-bond acceptors (Lipinski definition) is 6. The second-order valence-electron chi connectivity index (χ2n) is 10.3. The van der Waals surface area contributed by atoms with Gasteiger partial charge in [-0.25, -0.2) is 9.37 Å². The molecule has 2 aromatic carbocycles. The van der Waals surface area contributed by atoms with E-state index in [1.54, 1.807) is 13.8 Å². The van der Waals surface area contributed by atoms with Gasteiger partial charge in [-0.2, -0.15) is 0 Å². The molecule has 1 aliphatic heterocycles. The Kier molecular flexibility index (Phi) is 9.29. The van der Waals surface area contributed by atoms with Gasteiger partial charge in [-0.15, -0.1) is 0 Å². The van der Waals surface area contributed by atoms with Crippen LogP contribution in [-0.4, -0.2) is 64.6 Å². The SMILES string of the molecule is CC(C)(CF)NCC(Cn1cncc(O)c1=O)c1ccc(C#Cc2ccc(CN3CCOCC3)cc2)cc1. The van der Waals surface area contributed by atoms with Gasteiger partial charge in [0.2, 0.25) is 0 Å². The van der Waals surface area contributed by atoms with Crippen LogP contribution in [0.25, 0.3) is 0 Å². The van der Waals surface area contributed by atoms with E-state index in [4.69, 9.17) is 4.74 Å². The van der Waals surface area contributed by atoms with Crippen LogP contribution in [0.1, 0.15) is 42.0 Å². The van der Waals surface area contributed by atoms with Gasteiger partial charge in [-0.1, -0.05) is 36.1 Å². The van der Waals surface area contributed by atoms with Crippen molar-refractivity contribution in [1.82, 2.24) is 19.8 Å². The predicted octanol–water partition coefficient (Wildman–Crippen LogP) is 3.30. The Hall–Kier alpha value is -3.51. The van der Waals surface area contributed by atoms with E-state index in [0.29, 0.717) is 6.54 Å². The number of ether oxygens (including phenoxy) is 1. The summed E-state index contributed by atoms with van der Waals surface area (Å²) < 4.78 is 20.2. The maximum Gasteiger partial charge on any atom is 0.295 e. The van der Waals surface area contributed by atoms with E-state index in [-0.39, 0.29) is 12.5 Å². The molecule has 4 rings (SSSR count). The quantitative estimate of drug-likeness (QED) is 0.423. The lowest BCUT2D eigenvalue weighted by molar-refractivity contribution is 0.0342. The summed E-state index contributed by atoms with van der Waals surface area (Å²) in [6.07, 6.45) is 2.53. The van der Waals surface area contributed by atoms with E-state index in [1.807, 2.05) is 36.4 Å². The lowest BCUT2D eigenvalue weighted by atomic mass is 9.96. The maximum absolute atomic E-state index is 13.4. The fraction of sp³-hybridized carbons (Fsp3) is 0.400. The summed E-state index contributed by atoms with van der Waals surface area (Å²) in [6.45, 7) is 8.23. The first-order chi connectivity index (χ1) is 18.3. The zero-order valence-electron chi connectivity index (χ0n) is 22.0. The molecule has 0 bridgehead atoms. The second kappa shape index (κ2) is 12.8. The lowest BCUT2D eigenvalue weighted by Gasteiger charge is -2.27. The van der Waals surface area contributed by atoms with Gasteiger partial charge in [-0.05, 0) is 49.2 Å². The van der Waals surface area contributed by atoms with Crippen molar-refractivity contribution in [2.24, 2.45) is 0 Å². The molecule has 1 aliphatic rings. The van der Waals surface area contributed by atoms with E-state index in [9.17, 15) is 14.3 Å². The molecule has 1 saturated heterocycles. The van der Waals surface area contributed by atoms with E-state index < -0.39 is 23.5 Å². The van der Waals surface area contributed by atoms with Crippen LogP contribution in [-0.2, 0) is 17.8 Å². The number of halogens is 1. The second-order valence-corrected chi connectivity index (χ2v) is 10.3. The molecular weight excluding hydrogens is 483 g/mol. The standard InChI is InChI=1S/C30H35FN4O3/c1-30(2,21-31)33-17-27(20-35-22-32-18-28(36)29(35)37)26-11-9-24(10-12-26)4-3-23-5-7-25(8-6-23)19-34-13-15-38-16-14-34/h5-12,18,22,27,33,36H,13-17,19-21H2,1-2H3. The fourth-order valence-corrected chi connectivity index (χ4v) is 4.24. The third-order valence-corrected chi connectivity index (χ3v) is 6.66. The van der Waals surface area contributed by atoms with Crippen molar-refractivity contribution in [3.63, 3.8) is 0 Å². The average Bonchev–Trinajstić information content (AvgIpc) is 2.94. The van der Waals surface area contributed by atoms with Crippen molar-refractivity contribution < 1.29 is 14.2 Å². The number of aromatic hydroxyl groups is 1. The largest absolute Gasteiger partial charge is 0.502 e. The molecule has 0 amide bonds. The third-order valence-electron chi connectivity index (χ3n) is 6.66. The summed E-state index contributed by atoms with van der Waals surface area (Å²) in [4.78, 5) is 18.7. The van der Waals surface area contributed by atoms with Crippen LogP contribution < -0.4 is 10.9 Å². The average molecular weight is 519 g/mol. The number of morpholine rings is 1. The number of rotatable bonds is 9. The Bertz CT molecular complexity index is 1300. The topological polar surface area (TPSA) is 79.6 Å². The van der Waals surface area contributed by atoms with Crippen LogP contribution in [0.2, 0.25) is 0 Å². The minimum atomic E-state index is -0.691. The Morgan fingerprint density at radius 2 is 1.71 bits per heavy atom. The number of alkyl halides is 1. The molecule has 200 valence electrons. The zero-order valence-corrected chi connectivity index (χ0v) is 22.0. The smallest absolute Gasteiger partial charge is 0.295 e. The highest BCUT2D eigenvalue weighted by molar-refractivity contribution is 5.44. The van der Waals surface area contributed by atoms with Crippen LogP contribution in [0.3, 0.4) is 0 Å². The van der Waals surface area contributed by atoms with Crippen LogP contribution in [0.4, 0.5) is 4.39 Å². The van der Waals surface area contributed by atoms with Crippen LogP contribution in [0, 0.1) is 11.8 Å². The molecular formula is C30H35FN4O3. The first-order valence-electron chi connectivity index (χ1n) is 12.9. The molecule has 8 heteroatoms. The van der Waals surface area contributed by atoms with Gasteiger partial charge in [0.25, 0.3) is 5.56 Å². The Morgan fingerprint density at radius 1 is 1.08 bits per heavy atom. The van der Waals surface area contributed by atoms with Gasteiger partial charge < -0.3 is 15.2 Å². The molecule has 1 fully saturated rings. The Balaban J connectivity index is 1.45. The number of aromatic nitrogens is 2. The van der Waals surface area contributed by atoms with Crippen LogP contribution in [0.15, 0.2) is 65.8 Å². The van der Waals surface area contributed by atoms with Crippen molar-refractivity contribution in [3.05, 3.63) is 93.7 Å². The lowest BCUT2D eigenvalue weighted by Crippen LogP contribution is -2.44. The molecule has 0 spiro atoms. The highest BCUT2D eigenvalue weighted by atomic mass is 19.1. The number of nitrogens with one attached hydrogen (secondary N) is 1. The van der Waals surface area contributed by atoms with Crippen LogP contribution in [0.5, 0.6) is 5.75 Å². The summed E-state index contributed by atoms with van der Waals surface area (Å²) in [6, 6.07) is 16.2. The molecule has 7 nitrogen and oxygen atoms in total. The van der Waals surface area contributed by atoms with E-state index in [2.05, 4.69) is 39.2 Å². The molecule has 38 heavy (non-hydrogen) atoms. The van der Waals surface area contributed by atoms with E-state index >= 15 is 0 Å². The third kappa shape index (κ3) is 7.75. The summed E-state index contributed by atoms with van der Waals surface area (Å²) in [5.74, 6) is 5.90. The summed E-state index contributed by atoms with van der Waals surface area (Å²) >= 11 is 0. The van der Waals surface area contributed by atoms with Crippen molar-refractivity contribution in [2.45, 2.75) is 38.4 Å². The molecule has 1 aromatic heterocycles. The molecule has 0 saturated carbocycles. The number of nitrogens with zero attached hydrogens (tertiary/aromatic N) is 3. The maximum atomic E-state index is 13.4. The first kappa shape index (κ1) is 27.5. The van der Waals surface area contributed by atoms with Gasteiger partial charge in [0, 0.05) is 55.3 Å². The Labute approximate surface area is 223 Å². The molecule has 3 aromatic rings. The molecule has 2 N–H and O–H groups in total. The minimum Gasteiger partial charge on any atom is -0.502 e. The summed E-state index contributed by atoms with van der Waals surface area (Å²) in [5.41, 5.74) is 2.86. The normalized spacial score (nSPS) is 15.0. The highest BCUT2D eigenvalue weighted by Gasteiger charge is 2.21. The van der Waals surface area contributed by atoms with E-state index in [1.165, 1.54) is 16.5 Å². The summed E-state index contributed by atoms with van der Waals surface area (Å²) in [7, 11) is 0. The van der Waals surface area contributed by atoms with Gasteiger partial charge in [-0.3, -0.25) is 14.3 Å². The summed E-state index contributed by atoms with van der Waals surface area (Å²) in [5, 5.41) is 13.0. The number of benzene rings is 2. The molecule has 0 aliphatic carbocycles. The highest BCUT2D eigenvalue weighted by Crippen LogP contribution is 2.20. The van der Waals surface area contributed by atoms with Gasteiger partial charge >= 0.3 is 0 Å². The van der Waals surface area contributed by atoms with Gasteiger partial charge in [0.05, 0.1) is 25.7 Å². The first-order valence-corrected chi connectivity index (χ1v) is 12.9. The molecule has 1 atom stereocenters. The van der Waals surface area contributed by atoms with Gasteiger partial charge in [0.1, 0.15) is 6.67 Å². The molecule has 2 heterocycles. The zero-order chi connectivity index (χ0) is 27.0. The van der Waals surface area contributed by atoms with Crippen molar-refractivity contribution in [3.8, 4) is 17.6 Å².